The van der Waals surface area contributed by atoms with E-state index in [9.17, 15) is 4.39 Å². The van der Waals surface area contributed by atoms with E-state index in [0.717, 1.165) is 18.5 Å². The molecule has 90 valence electrons. The largest absolute Gasteiger partial charge is 0.230 e. The molecule has 0 amide bonds. The minimum atomic E-state index is -0.209. The van der Waals surface area contributed by atoms with Crippen molar-refractivity contribution in [2.24, 2.45) is 0 Å². The van der Waals surface area contributed by atoms with Crippen molar-refractivity contribution in [1.29, 1.82) is 0 Å². The number of rotatable bonds is 2. The minimum absolute atomic E-state index is 0.209. The van der Waals surface area contributed by atoms with Crippen LogP contribution >= 0.6 is 11.8 Å². The third-order valence-corrected chi connectivity index (χ3v) is 3.98. The molecule has 2 aromatic rings. The van der Waals surface area contributed by atoms with Gasteiger partial charge in [0, 0.05) is 11.6 Å². The van der Waals surface area contributed by atoms with Gasteiger partial charge in [0.2, 0.25) is 5.16 Å². The summed E-state index contributed by atoms with van der Waals surface area (Å²) in [6.45, 7) is 0. The first kappa shape index (κ1) is 11.0. The molecule has 1 aliphatic carbocycles. The summed E-state index contributed by atoms with van der Waals surface area (Å²) in [5.74, 6) is 0.246. The van der Waals surface area contributed by atoms with E-state index in [1.807, 2.05) is 6.26 Å². The molecule has 0 aromatic carbocycles. The second-order valence-corrected chi connectivity index (χ2v) is 5.21. The molecule has 1 fully saturated rings. The Balaban J connectivity index is 2.16. The van der Waals surface area contributed by atoms with E-state index in [1.165, 1.54) is 24.6 Å². The van der Waals surface area contributed by atoms with E-state index in [2.05, 4.69) is 10.1 Å². The fourth-order valence-corrected chi connectivity index (χ4v) is 2.89. The quantitative estimate of drug-likeness (QED) is 0.767. The molecule has 0 aliphatic heterocycles. The van der Waals surface area contributed by atoms with Gasteiger partial charge in [0.25, 0.3) is 0 Å². The Hall–Kier alpha value is -1.10. The first-order valence-corrected chi connectivity index (χ1v) is 7.10. The highest BCUT2D eigenvalue weighted by Crippen LogP contribution is 2.35. The van der Waals surface area contributed by atoms with Crippen LogP contribution in [0.5, 0.6) is 0 Å². The highest BCUT2D eigenvalue weighted by Gasteiger charge is 2.22. The van der Waals surface area contributed by atoms with Crippen LogP contribution in [0.25, 0.3) is 5.52 Å². The summed E-state index contributed by atoms with van der Waals surface area (Å²) >= 11 is 1.48. The monoisotopic (exact) mass is 251 g/mol. The Morgan fingerprint density at radius 1 is 1.41 bits per heavy atom. The van der Waals surface area contributed by atoms with Gasteiger partial charge in [-0.1, -0.05) is 24.6 Å². The molecule has 17 heavy (non-hydrogen) atoms. The van der Waals surface area contributed by atoms with Gasteiger partial charge in [0.05, 0.1) is 6.20 Å². The Morgan fingerprint density at radius 3 is 2.88 bits per heavy atom. The first-order valence-electron chi connectivity index (χ1n) is 5.88. The normalized spacial score (nSPS) is 17.1. The van der Waals surface area contributed by atoms with Crippen LogP contribution < -0.4 is 0 Å². The summed E-state index contributed by atoms with van der Waals surface area (Å²) in [4.78, 5) is 4.12. The number of nitrogens with zero attached hydrogens (tertiary/aromatic N) is 3. The van der Waals surface area contributed by atoms with Crippen LogP contribution in [-0.2, 0) is 0 Å². The summed E-state index contributed by atoms with van der Waals surface area (Å²) in [6, 6.07) is 1.63. The highest BCUT2D eigenvalue weighted by molar-refractivity contribution is 7.98. The number of hydrogen-bond donors (Lipinski definition) is 0. The number of aromatic nitrogens is 3. The standard InChI is InChI=1S/C12H14FN3S/c1-17-12-14-7-11-9(13)6-10(16(11)15-12)8-4-2-3-5-8/h6-8H,2-5H2,1H3. The van der Waals surface area contributed by atoms with E-state index >= 15 is 0 Å². The maximum Gasteiger partial charge on any atom is 0.207 e. The maximum absolute atomic E-state index is 13.8. The molecule has 1 aliphatic rings. The summed E-state index contributed by atoms with van der Waals surface area (Å²) in [5, 5.41) is 5.07. The van der Waals surface area contributed by atoms with E-state index in [4.69, 9.17) is 0 Å². The van der Waals surface area contributed by atoms with E-state index in [-0.39, 0.29) is 5.82 Å². The van der Waals surface area contributed by atoms with Crippen LogP contribution in [0.4, 0.5) is 4.39 Å². The molecule has 0 radical (unpaired) electrons. The van der Waals surface area contributed by atoms with Gasteiger partial charge >= 0.3 is 0 Å². The molecule has 2 aromatic heterocycles. The molecule has 0 unspecified atom stereocenters. The number of halogens is 1. The van der Waals surface area contributed by atoms with Gasteiger partial charge in [0.15, 0.2) is 5.82 Å². The molecule has 3 nitrogen and oxygen atoms in total. The molecule has 0 saturated heterocycles. The smallest absolute Gasteiger partial charge is 0.207 e. The van der Waals surface area contributed by atoms with Crippen molar-refractivity contribution in [2.75, 3.05) is 6.26 Å². The van der Waals surface area contributed by atoms with Gasteiger partial charge < -0.3 is 0 Å². The Bertz CT molecular complexity index is 546. The SMILES string of the molecule is CSc1ncc2c(F)cc(C3CCCC3)n2n1. The zero-order valence-corrected chi connectivity index (χ0v) is 10.5. The van der Waals surface area contributed by atoms with Gasteiger partial charge in [-0.3, -0.25) is 0 Å². The zero-order valence-electron chi connectivity index (χ0n) is 9.69. The van der Waals surface area contributed by atoms with Gasteiger partial charge in [-0.25, -0.2) is 13.9 Å². The number of fused-ring (bicyclic) bond motifs is 1. The molecule has 1 saturated carbocycles. The van der Waals surface area contributed by atoms with E-state index in [1.54, 1.807) is 16.8 Å². The van der Waals surface area contributed by atoms with Crippen LogP contribution in [-0.4, -0.2) is 20.9 Å². The number of thioether (sulfide) groups is 1. The highest BCUT2D eigenvalue weighted by atomic mass is 32.2. The summed E-state index contributed by atoms with van der Waals surface area (Å²) < 4.78 is 15.5. The fraction of sp³-hybridized carbons (Fsp3) is 0.500. The fourth-order valence-electron chi connectivity index (χ4n) is 2.57. The summed E-state index contributed by atoms with van der Waals surface area (Å²) in [7, 11) is 0. The molecule has 2 heterocycles. The molecule has 0 spiro atoms. The maximum atomic E-state index is 13.8. The average Bonchev–Trinajstić information content (AvgIpc) is 2.97. The summed E-state index contributed by atoms with van der Waals surface area (Å²) in [5.41, 5.74) is 1.50. The van der Waals surface area contributed by atoms with Crippen molar-refractivity contribution in [2.45, 2.75) is 36.8 Å². The van der Waals surface area contributed by atoms with Gasteiger partial charge in [-0.15, -0.1) is 5.10 Å². The second-order valence-electron chi connectivity index (χ2n) is 4.44. The van der Waals surface area contributed by atoms with Crippen molar-refractivity contribution in [3.63, 3.8) is 0 Å². The van der Waals surface area contributed by atoms with Gasteiger partial charge in [-0.05, 0) is 25.2 Å². The van der Waals surface area contributed by atoms with Crippen LogP contribution in [0.15, 0.2) is 17.4 Å². The van der Waals surface area contributed by atoms with Crippen LogP contribution in [0.2, 0.25) is 0 Å². The topological polar surface area (TPSA) is 30.2 Å². The Morgan fingerprint density at radius 2 is 2.18 bits per heavy atom. The average molecular weight is 251 g/mol. The molecule has 3 rings (SSSR count). The van der Waals surface area contributed by atoms with E-state index < -0.39 is 0 Å². The lowest BCUT2D eigenvalue weighted by Gasteiger charge is -2.08. The van der Waals surface area contributed by atoms with Gasteiger partial charge in [-0.2, -0.15) is 0 Å². The minimum Gasteiger partial charge on any atom is -0.230 e. The first-order chi connectivity index (χ1) is 8.29. The lowest BCUT2D eigenvalue weighted by Crippen LogP contribution is -2.03. The van der Waals surface area contributed by atoms with Crippen molar-refractivity contribution in [3.05, 3.63) is 23.8 Å². The van der Waals surface area contributed by atoms with Crippen LogP contribution in [0.1, 0.15) is 37.3 Å². The molecule has 0 bridgehead atoms. The van der Waals surface area contributed by atoms with Crippen LogP contribution in [0.3, 0.4) is 0 Å². The third-order valence-electron chi connectivity index (χ3n) is 3.43. The molecule has 0 N–H and O–H groups in total. The van der Waals surface area contributed by atoms with Crippen molar-refractivity contribution in [1.82, 2.24) is 14.6 Å². The number of hydrogen-bond acceptors (Lipinski definition) is 3. The second kappa shape index (κ2) is 4.29. The molecular weight excluding hydrogens is 237 g/mol. The van der Waals surface area contributed by atoms with Crippen molar-refractivity contribution >= 4 is 17.3 Å². The Kier molecular flexibility index (Phi) is 2.78. The van der Waals surface area contributed by atoms with Crippen LogP contribution in [0, 0.1) is 5.82 Å². The summed E-state index contributed by atoms with van der Waals surface area (Å²) in [6.07, 6.45) is 8.26. The predicted molar refractivity (Wildman–Crippen MR) is 65.9 cm³/mol. The van der Waals surface area contributed by atoms with Gasteiger partial charge in [0.1, 0.15) is 5.52 Å². The van der Waals surface area contributed by atoms with E-state index in [0.29, 0.717) is 16.6 Å². The molecule has 0 atom stereocenters. The third kappa shape index (κ3) is 1.82. The van der Waals surface area contributed by atoms with Crippen molar-refractivity contribution in [3.8, 4) is 0 Å². The molecule has 5 heteroatoms. The zero-order chi connectivity index (χ0) is 11.8. The lowest BCUT2D eigenvalue weighted by atomic mass is 10.1. The Labute approximate surface area is 103 Å². The van der Waals surface area contributed by atoms with Crippen molar-refractivity contribution < 1.29 is 4.39 Å². The molecular formula is C12H14FN3S. The predicted octanol–water partition coefficient (Wildman–Crippen LogP) is 3.25. The lowest BCUT2D eigenvalue weighted by molar-refractivity contribution is 0.636.